The molecule has 0 radical (unpaired) electrons. The fourth-order valence-corrected chi connectivity index (χ4v) is 1.90. The van der Waals surface area contributed by atoms with Gasteiger partial charge in [0.05, 0.1) is 0 Å². The van der Waals surface area contributed by atoms with Crippen molar-refractivity contribution in [1.82, 2.24) is 15.6 Å². The van der Waals surface area contributed by atoms with Crippen LogP contribution in [0.15, 0.2) is 18.2 Å². The maximum atomic E-state index is 11.9. The second-order valence-electron chi connectivity index (χ2n) is 4.18. The molecule has 0 unspecified atom stereocenters. The predicted molar refractivity (Wildman–Crippen MR) is 62.3 cm³/mol. The molecule has 0 aliphatic carbocycles. The van der Waals surface area contributed by atoms with E-state index in [9.17, 15) is 4.79 Å². The zero-order valence-corrected chi connectivity index (χ0v) is 9.49. The van der Waals surface area contributed by atoms with Gasteiger partial charge in [0.1, 0.15) is 5.69 Å². The number of carbonyl (C=O) groups excluding carboxylic acids is 1. The SMILES string of the molecule is Cc1cccc(C(=O)N[C@@H]2CCCNC2)n1. The largest absolute Gasteiger partial charge is 0.347 e. The third kappa shape index (κ3) is 2.79. The lowest BCUT2D eigenvalue weighted by atomic mass is 10.1. The van der Waals surface area contributed by atoms with E-state index in [0.717, 1.165) is 31.6 Å². The van der Waals surface area contributed by atoms with Gasteiger partial charge in [0.2, 0.25) is 0 Å². The highest BCUT2D eigenvalue weighted by Gasteiger charge is 2.16. The van der Waals surface area contributed by atoms with E-state index in [1.165, 1.54) is 0 Å². The highest BCUT2D eigenvalue weighted by Crippen LogP contribution is 2.03. The topological polar surface area (TPSA) is 54.0 Å². The molecule has 0 spiro atoms. The number of carbonyl (C=O) groups is 1. The molecule has 0 saturated carbocycles. The van der Waals surface area contributed by atoms with Gasteiger partial charge in [-0.1, -0.05) is 6.07 Å². The summed E-state index contributed by atoms with van der Waals surface area (Å²) in [4.78, 5) is 16.1. The first-order valence-electron chi connectivity index (χ1n) is 5.71. The molecular formula is C12H17N3O. The molecule has 1 aromatic heterocycles. The molecule has 1 atom stereocenters. The molecule has 2 N–H and O–H groups in total. The molecule has 0 aromatic carbocycles. The number of amides is 1. The van der Waals surface area contributed by atoms with Crippen LogP contribution in [0.1, 0.15) is 29.0 Å². The Bertz CT molecular complexity index is 372. The van der Waals surface area contributed by atoms with Gasteiger partial charge in [-0.25, -0.2) is 4.98 Å². The molecule has 16 heavy (non-hydrogen) atoms. The van der Waals surface area contributed by atoms with E-state index in [4.69, 9.17) is 0 Å². The van der Waals surface area contributed by atoms with Crippen molar-refractivity contribution in [3.05, 3.63) is 29.6 Å². The van der Waals surface area contributed by atoms with Crippen molar-refractivity contribution in [2.24, 2.45) is 0 Å². The summed E-state index contributed by atoms with van der Waals surface area (Å²) in [6, 6.07) is 5.73. The monoisotopic (exact) mass is 219 g/mol. The Hall–Kier alpha value is -1.42. The van der Waals surface area contributed by atoms with E-state index in [1.807, 2.05) is 19.1 Å². The third-order valence-electron chi connectivity index (χ3n) is 2.75. The Morgan fingerprint density at radius 3 is 3.12 bits per heavy atom. The quantitative estimate of drug-likeness (QED) is 0.776. The molecule has 1 aromatic rings. The van der Waals surface area contributed by atoms with Crippen LogP contribution in [-0.2, 0) is 0 Å². The van der Waals surface area contributed by atoms with E-state index in [2.05, 4.69) is 15.6 Å². The molecule has 2 rings (SSSR count). The third-order valence-corrected chi connectivity index (χ3v) is 2.75. The first-order chi connectivity index (χ1) is 7.75. The standard InChI is InChI=1S/C12H17N3O/c1-9-4-2-6-11(14-9)12(16)15-10-5-3-7-13-8-10/h2,4,6,10,13H,3,5,7-8H2,1H3,(H,15,16)/t10-/m1/s1. The Kier molecular flexibility index (Phi) is 3.51. The molecule has 0 bridgehead atoms. The van der Waals surface area contributed by atoms with E-state index < -0.39 is 0 Å². The Morgan fingerprint density at radius 1 is 1.56 bits per heavy atom. The summed E-state index contributed by atoms with van der Waals surface area (Å²) in [6.45, 7) is 3.80. The summed E-state index contributed by atoms with van der Waals surface area (Å²) in [5.41, 5.74) is 1.37. The summed E-state index contributed by atoms with van der Waals surface area (Å²) in [6.07, 6.45) is 2.16. The highest BCUT2D eigenvalue weighted by molar-refractivity contribution is 5.92. The predicted octanol–water partition coefficient (Wildman–Crippen LogP) is 0.872. The van der Waals surface area contributed by atoms with Crippen LogP contribution in [0.25, 0.3) is 0 Å². The number of piperidine rings is 1. The molecule has 1 saturated heterocycles. The molecule has 4 nitrogen and oxygen atoms in total. The summed E-state index contributed by atoms with van der Waals surface area (Å²) in [5, 5.41) is 6.27. The van der Waals surface area contributed by atoms with E-state index in [1.54, 1.807) is 6.07 Å². The van der Waals surface area contributed by atoms with Crippen LogP contribution >= 0.6 is 0 Å². The molecule has 4 heteroatoms. The minimum atomic E-state index is -0.0719. The molecule has 1 fully saturated rings. The van der Waals surface area contributed by atoms with Gasteiger partial charge in [0.15, 0.2) is 0 Å². The van der Waals surface area contributed by atoms with Crippen LogP contribution in [0.2, 0.25) is 0 Å². The number of aromatic nitrogens is 1. The Labute approximate surface area is 95.5 Å². The zero-order valence-electron chi connectivity index (χ0n) is 9.49. The molecular weight excluding hydrogens is 202 g/mol. The van der Waals surface area contributed by atoms with Crippen molar-refractivity contribution in [2.75, 3.05) is 13.1 Å². The smallest absolute Gasteiger partial charge is 0.270 e. The Balaban J connectivity index is 1.97. The second kappa shape index (κ2) is 5.07. The fraction of sp³-hybridized carbons (Fsp3) is 0.500. The molecule has 2 heterocycles. The lowest BCUT2D eigenvalue weighted by Crippen LogP contribution is -2.45. The minimum Gasteiger partial charge on any atom is -0.347 e. The molecule has 1 aliphatic heterocycles. The minimum absolute atomic E-state index is 0.0719. The van der Waals surface area contributed by atoms with Crippen molar-refractivity contribution >= 4 is 5.91 Å². The zero-order chi connectivity index (χ0) is 11.4. The van der Waals surface area contributed by atoms with Gasteiger partial charge in [0, 0.05) is 18.3 Å². The maximum Gasteiger partial charge on any atom is 0.270 e. The van der Waals surface area contributed by atoms with Gasteiger partial charge in [0.25, 0.3) is 5.91 Å². The molecule has 1 aliphatic rings. The average Bonchev–Trinajstić information content (AvgIpc) is 2.30. The first-order valence-corrected chi connectivity index (χ1v) is 5.71. The molecule has 86 valence electrons. The van der Waals surface area contributed by atoms with Gasteiger partial charge in [-0.2, -0.15) is 0 Å². The Morgan fingerprint density at radius 2 is 2.44 bits per heavy atom. The van der Waals surface area contributed by atoms with Gasteiger partial charge < -0.3 is 10.6 Å². The summed E-state index contributed by atoms with van der Waals surface area (Å²) in [5.74, 6) is -0.0719. The van der Waals surface area contributed by atoms with Crippen LogP contribution in [0.3, 0.4) is 0 Å². The summed E-state index contributed by atoms with van der Waals surface area (Å²) in [7, 11) is 0. The summed E-state index contributed by atoms with van der Waals surface area (Å²) < 4.78 is 0. The van der Waals surface area contributed by atoms with E-state index >= 15 is 0 Å². The highest BCUT2D eigenvalue weighted by atomic mass is 16.1. The maximum absolute atomic E-state index is 11.9. The van der Waals surface area contributed by atoms with Crippen LogP contribution < -0.4 is 10.6 Å². The van der Waals surface area contributed by atoms with Crippen molar-refractivity contribution in [1.29, 1.82) is 0 Å². The number of pyridine rings is 1. The number of nitrogens with zero attached hydrogens (tertiary/aromatic N) is 1. The number of nitrogens with one attached hydrogen (secondary N) is 2. The number of hydrogen-bond acceptors (Lipinski definition) is 3. The lowest BCUT2D eigenvalue weighted by molar-refractivity contribution is 0.0925. The average molecular weight is 219 g/mol. The van der Waals surface area contributed by atoms with Crippen LogP contribution in [0.5, 0.6) is 0 Å². The van der Waals surface area contributed by atoms with Gasteiger partial charge in [-0.3, -0.25) is 4.79 Å². The van der Waals surface area contributed by atoms with Crippen molar-refractivity contribution in [3.63, 3.8) is 0 Å². The lowest BCUT2D eigenvalue weighted by Gasteiger charge is -2.23. The van der Waals surface area contributed by atoms with Gasteiger partial charge in [-0.15, -0.1) is 0 Å². The molecule has 1 amide bonds. The van der Waals surface area contributed by atoms with Crippen molar-refractivity contribution in [3.8, 4) is 0 Å². The van der Waals surface area contributed by atoms with Gasteiger partial charge >= 0.3 is 0 Å². The normalized spacial score (nSPS) is 20.4. The van der Waals surface area contributed by atoms with E-state index in [-0.39, 0.29) is 11.9 Å². The summed E-state index contributed by atoms with van der Waals surface area (Å²) >= 11 is 0. The van der Waals surface area contributed by atoms with Crippen LogP contribution in [0, 0.1) is 6.92 Å². The fourth-order valence-electron chi connectivity index (χ4n) is 1.90. The van der Waals surface area contributed by atoms with Crippen LogP contribution in [0.4, 0.5) is 0 Å². The van der Waals surface area contributed by atoms with Crippen molar-refractivity contribution in [2.45, 2.75) is 25.8 Å². The van der Waals surface area contributed by atoms with Gasteiger partial charge in [-0.05, 0) is 38.4 Å². The number of rotatable bonds is 2. The number of aryl methyl sites for hydroxylation is 1. The second-order valence-corrected chi connectivity index (χ2v) is 4.18. The van der Waals surface area contributed by atoms with Crippen LogP contribution in [-0.4, -0.2) is 30.0 Å². The number of hydrogen-bond donors (Lipinski definition) is 2. The van der Waals surface area contributed by atoms with Crippen molar-refractivity contribution < 1.29 is 4.79 Å². The first kappa shape index (κ1) is 11.1. The van der Waals surface area contributed by atoms with E-state index in [0.29, 0.717) is 5.69 Å².